The van der Waals surface area contributed by atoms with Gasteiger partial charge in [0.2, 0.25) is 0 Å². The number of benzene rings is 2. The van der Waals surface area contributed by atoms with Crippen LogP contribution in [0.4, 0.5) is 0 Å². The third-order valence-electron chi connectivity index (χ3n) is 5.27. The zero-order chi connectivity index (χ0) is 20.5. The van der Waals surface area contributed by atoms with Crippen molar-refractivity contribution in [2.45, 2.75) is 25.0 Å². The molecular formula is C22H19BrClNO4. The molecule has 2 atom stereocenters. The highest BCUT2D eigenvalue weighted by atomic mass is 79.9. The van der Waals surface area contributed by atoms with E-state index in [1.165, 1.54) is 4.90 Å². The summed E-state index contributed by atoms with van der Waals surface area (Å²) in [4.78, 5) is 27.3. The van der Waals surface area contributed by atoms with E-state index in [9.17, 15) is 14.7 Å². The number of nitrogens with zero attached hydrogens (tertiary/aromatic N) is 1. The maximum absolute atomic E-state index is 12.9. The highest BCUT2D eigenvalue weighted by Crippen LogP contribution is 2.40. The molecule has 0 aliphatic carbocycles. The predicted octanol–water partition coefficient (Wildman–Crippen LogP) is 4.70. The molecule has 0 bridgehead atoms. The van der Waals surface area contributed by atoms with Gasteiger partial charge in [0.15, 0.2) is 0 Å². The summed E-state index contributed by atoms with van der Waals surface area (Å²) in [5.74, 6) is -1.51. The Morgan fingerprint density at radius 3 is 2.45 bits per heavy atom. The molecular weight excluding hydrogens is 458 g/mol. The molecule has 2 heterocycles. The molecule has 0 aromatic heterocycles. The predicted molar refractivity (Wildman–Crippen MR) is 114 cm³/mol. The van der Waals surface area contributed by atoms with E-state index in [1.807, 2.05) is 0 Å². The van der Waals surface area contributed by atoms with E-state index in [4.69, 9.17) is 16.3 Å². The van der Waals surface area contributed by atoms with Gasteiger partial charge in [0.1, 0.15) is 5.76 Å². The number of ether oxygens (including phenoxy) is 1. The van der Waals surface area contributed by atoms with Crippen LogP contribution in [0.15, 0.2) is 58.6 Å². The van der Waals surface area contributed by atoms with Crippen LogP contribution in [-0.4, -0.2) is 41.0 Å². The quantitative estimate of drug-likeness (QED) is 0.394. The van der Waals surface area contributed by atoms with Gasteiger partial charge in [-0.15, -0.1) is 0 Å². The third kappa shape index (κ3) is 3.97. The number of carbonyl (C=O) groups excluding carboxylic acids is 2. The average Bonchev–Trinajstić information content (AvgIpc) is 3.31. The van der Waals surface area contributed by atoms with Crippen LogP contribution in [0, 0.1) is 0 Å². The standard InChI is InChI=1S/C22H19BrClNO4/c23-15-7-3-14(4-8-15)20(26)18-19(13-5-9-16(24)10-6-13)25(22(28)21(18)27)12-17-2-1-11-29-17/h3-10,17,19,26H,1-2,11-12H2/t17-,19+/m1/s1. The number of aliphatic hydroxyl groups excluding tert-OH is 1. The number of aliphatic hydroxyl groups is 1. The molecule has 4 rings (SSSR count). The SMILES string of the molecule is O=C1C(=O)N(C[C@H]2CCCO2)[C@@H](c2ccc(Cl)cc2)C1=C(O)c1ccc(Br)cc1. The maximum atomic E-state index is 12.9. The lowest BCUT2D eigenvalue weighted by Crippen LogP contribution is -2.36. The molecule has 0 saturated carbocycles. The van der Waals surface area contributed by atoms with Crippen molar-refractivity contribution in [1.29, 1.82) is 0 Å². The number of halogens is 2. The highest BCUT2D eigenvalue weighted by molar-refractivity contribution is 9.10. The number of carbonyl (C=O) groups is 2. The Hall–Kier alpha value is -2.15. The fourth-order valence-electron chi connectivity index (χ4n) is 3.83. The number of likely N-dealkylation sites (tertiary alicyclic amines) is 1. The van der Waals surface area contributed by atoms with Crippen LogP contribution < -0.4 is 0 Å². The molecule has 2 aromatic carbocycles. The molecule has 0 radical (unpaired) electrons. The second kappa shape index (κ2) is 8.30. The summed E-state index contributed by atoms with van der Waals surface area (Å²) in [6.45, 7) is 0.952. The Morgan fingerprint density at radius 1 is 1.14 bits per heavy atom. The van der Waals surface area contributed by atoms with E-state index in [2.05, 4.69) is 15.9 Å². The largest absolute Gasteiger partial charge is 0.507 e. The summed E-state index contributed by atoms with van der Waals surface area (Å²) in [6, 6.07) is 13.2. The molecule has 0 spiro atoms. The number of Topliss-reactive ketones (excluding diaryl/α,β-unsaturated/α-hetero) is 1. The second-order valence-corrected chi connectivity index (χ2v) is 8.50. The van der Waals surface area contributed by atoms with E-state index in [0.717, 1.165) is 17.3 Å². The van der Waals surface area contributed by atoms with Crippen molar-refractivity contribution in [3.05, 3.63) is 74.7 Å². The molecule has 1 amide bonds. The van der Waals surface area contributed by atoms with Gasteiger partial charge in [-0.25, -0.2) is 0 Å². The van der Waals surface area contributed by atoms with Crippen LogP contribution >= 0.6 is 27.5 Å². The fraction of sp³-hybridized carbons (Fsp3) is 0.273. The highest BCUT2D eigenvalue weighted by Gasteiger charge is 2.47. The second-order valence-electron chi connectivity index (χ2n) is 7.14. The molecule has 5 nitrogen and oxygen atoms in total. The first kappa shape index (κ1) is 20.1. The molecule has 2 aromatic rings. The monoisotopic (exact) mass is 475 g/mol. The van der Waals surface area contributed by atoms with Crippen molar-refractivity contribution in [2.24, 2.45) is 0 Å². The van der Waals surface area contributed by atoms with Gasteiger partial charge in [-0.3, -0.25) is 9.59 Å². The maximum Gasteiger partial charge on any atom is 0.295 e. The zero-order valence-corrected chi connectivity index (χ0v) is 17.8. The molecule has 2 saturated heterocycles. The van der Waals surface area contributed by atoms with Gasteiger partial charge >= 0.3 is 0 Å². The Balaban J connectivity index is 1.81. The summed E-state index contributed by atoms with van der Waals surface area (Å²) in [6.07, 6.45) is 1.65. The number of hydrogen-bond acceptors (Lipinski definition) is 4. The van der Waals surface area contributed by atoms with Gasteiger partial charge in [-0.05, 0) is 42.7 Å². The van der Waals surface area contributed by atoms with E-state index >= 15 is 0 Å². The van der Waals surface area contributed by atoms with Crippen LogP contribution in [0.1, 0.15) is 30.0 Å². The van der Waals surface area contributed by atoms with Crippen molar-refractivity contribution in [3.63, 3.8) is 0 Å². The van der Waals surface area contributed by atoms with Crippen LogP contribution in [0.2, 0.25) is 5.02 Å². The van der Waals surface area contributed by atoms with Crippen LogP contribution in [0.25, 0.3) is 5.76 Å². The lowest BCUT2D eigenvalue weighted by atomic mass is 9.95. The van der Waals surface area contributed by atoms with Crippen LogP contribution in [0.5, 0.6) is 0 Å². The Bertz CT molecular complexity index is 965. The lowest BCUT2D eigenvalue weighted by molar-refractivity contribution is -0.140. The third-order valence-corrected chi connectivity index (χ3v) is 6.05. The first-order valence-electron chi connectivity index (χ1n) is 9.37. The van der Waals surface area contributed by atoms with Crippen molar-refractivity contribution in [1.82, 2.24) is 4.90 Å². The smallest absolute Gasteiger partial charge is 0.295 e. The van der Waals surface area contributed by atoms with E-state index < -0.39 is 17.7 Å². The average molecular weight is 477 g/mol. The van der Waals surface area contributed by atoms with Gasteiger partial charge in [0.05, 0.1) is 17.7 Å². The van der Waals surface area contributed by atoms with Crippen LogP contribution in [-0.2, 0) is 14.3 Å². The Morgan fingerprint density at radius 2 is 1.83 bits per heavy atom. The molecule has 150 valence electrons. The van der Waals surface area contributed by atoms with Gasteiger partial charge in [-0.1, -0.05) is 51.8 Å². The zero-order valence-electron chi connectivity index (χ0n) is 15.5. The van der Waals surface area contributed by atoms with Gasteiger partial charge in [-0.2, -0.15) is 0 Å². The minimum absolute atomic E-state index is 0.0811. The van der Waals surface area contributed by atoms with Crippen molar-refractivity contribution < 1.29 is 19.4 Å². The molecule has 1 N–H and O–H groups in total. The molecule has 2 fully saturated rings. The molecule has 2 aliphatic heterocycles. The number of ketones is 1. The molecule has 7 heteroatoms. The minimum atomic E-state index is -0.694. The summed E-state index contributed by atoms with van der Waals surface area (Å²) < 4.78 is 6.53. The van der Waals surface area contributed by atoms with Crippen molar-refractivity contribution in [3.8, 4) is 0 Å². The van der Waals surface area contributed by atoms with Gasteiger partial charge in [0, 0.05) is 28.2 Å². The van der Waals surface area contributed by atoms with Gasteiger partial charge in [0.25, 0.3) is 11.7 Å². The Labute approximate surface area is 182 Å². The summed E-state index contributed by atoms with van der Waals surface area (Å²) in [7, 11) is 0. The number of rotatable bonds is 4. The molecule has 0 unspecified atom stereocenters. The Kier molecular flexibility index (Phi) is 5.76. The summed E-state index contributed by atoms with van der Waals surface area (Å²) in [5.41, 5.74) is 1.27. The minimum Gasteiger partial charge on any atom is -0.507 e. The summed E-state index contributed by atoms with van der Waals surface area (Å²) >= 11 is 9.39. The first-order chi connectivity index (χ1) is 14.0. The van der Waals surface area contributed by atoms with E-state index in [1.54, 1.807) is 48.5 Å². The number of amides is 1. The lowest BCUT2D eigenvalue weighted by Gasteiger charge is -2.27. The van der Waals surface area contributed by atoms with Gasteiger partial charge < -0.3 is 14.7 Å². The van der Waals surface area contributed by atoms with Crippen molar-refractivity contribution in [2.75, 3.05) is 13.2 Å². The summed E-state index contributed by atoms with van der Waals surface area (Å²) in [5, 5.41) is 11.5. The molecule has 29 heavy (non-hydrogen) atoms. The fourth-order valence-corrected chi connectivity index (χ4v) is 4.22. The number of hydrogen-bond donors (Lipinski definition) is 1. The normalized spacial score (nSPS) is 23.7. The van der Waals surface area contributed by atoms with Crippen molar-refractivity contribution >= 4 is 45.0 Å². The topological polar surface area (TPSA) is 66.8 Å². The van der Waals surface area contributed by atoms with E-state index in [0.29, 0.717) is 29.3 Å². The first-order valence-corrected chi connectivity index (χ1v) is 10.5. The van der Waals surface area contributed by atoms with E-state index in [-0.39, 0.29) is 17.4 Å². The molecule has 2 aliphatic rings. The van der Waals surface area contributed by atoms with Crippen LogP contribution in [0.3, 0.4) is 0 Å².